The van der Waals surface area contributed by atoms with Gasteiger partial charge in [0.2, 0.25) is 0 Å². The van der Waals surface area contributed by atoms with Crippen molar-refractivity contribution < 1.29 is 9.53 Å². The summed E-state index contributed by atoms with van der Waals surface area (Å²) in [6.45, 7) is 3.12. The lowest BCUT2D eigenvalue weighted by molar-refractivity contribution is -0.150. The summed E-state index contributed by atoms with van der Waals surface area (Å²) in [5.74, 6) is 0.454. The molecule has 18 heavy (non-hydrogen) atoms. The number of methoxy groups -OCH3 is 1. The van der Waals surface area contributed by atoms with Crippen LogP contribution in [0.5, 0.6) is 0 Å². The standard InChI is InChI=1S/C14H24N2O2/c1-18-13(17)14(11-4-5-11,15-12-6-7-12)10-16-8-2-3-9-16/h11-12,15H,2-10H2,1H3. The third-order valence-corrected chi connectivity index (χ3v) is 4.53. The van der Waals surface area contributed by atoms with Gasteiger partial charge in [0.1, 0.15) is 5.54 Å². The van der Waals surface area contributed by atoms with Gasteiger partial charge < -0.3 is 9.64 Å². The van der Waals surface area contributed by atoms with Gasteiger partial charge >= 0.3 is 5.97 Å². The Bertz CT molecular complexity index is 320. The van der Waals surface area contributed by atoms with E-state index in [1.807, 2.05) is 0 Å². The van der Waals surface area contributed by atoms with Crippen LogP contribution in [0.25, 0.3) is 0 Å². The summed E-state index contributed by atoms with van der Waals surface area (Å²) < 4.78 is 5.13. The quantitative estimate of drug-likeness (QED) is 0.720. The van der Waals surface area contributed by atoms with Crippen LogP contribution in [0.15, 0.2) is 0 Å². The molecule has 4 heteroatoms. The molecule has 2 aliphatic carbocycles. The van der Waals surface area contributed by atoms with Crippen molar-refractivity contribution >= 4 is 5.97 Å². The number of nitrogens with one attached hydrogen (secondary N) is 1. The molecule has 0 amide bonds. The van der Waals surface area contributed by atoms with Crippen LogP contribution in [0.3, 0.4) is 0 Å². The fraction of sp³-hybridized carbons (Fsp3) is 0.929. The van der Waals surface area contributed by atoms with E-state index in [0.29, 0.717) is 12.0 Å². The first-order valence-corrected chi connectivity index (χ1v) is 7.33. The first kappa shape index (κ1) is 12.4. The SMILES string of the molecule is COC(=O)C(CN1CCCC1)(NC1CC1)C1CC1. The minimum atomic E-state index is -0.416. The summed E-state index contributed by atoms with van der Waals surface area (Å²) in [6, 6.07) is 0.548. The first-order chi connectivity index (χ1) is 8.74. The number of ether oxygens (including phenoxy) is 1. The van der Waals surface area contributed by atoms with Crippen LogP contribution in [0.1, 0.15) is 38.5 Å². The molecule has 3 rings (SSSR count). The van der Waals surface area contributed by atoms with Gasteiger partial charge in [-0.15, -0.1) is 0 Å². The second kappa shape index (κ2) is 4.82. The predicted octanol–water partition coefficient (Wildman–Crippen LogP) is 1.16. The van der Waals surface area contributed by atoms with Crippen molar-refractivity contribution in [3.05, 3.63) is 0 Å². The maximum Gasteiger partial charge on any atom is 0.327 e. The van der Waals surface area contributed by atoms with Crippen LogP contribution in [0.2, 0.25) is 0 Å². The molecule has 1 unspecified atom stereocenters. The lowest BCUT2D eigenvalue weighted by atomic mass is 9.92. The van der Waals surface area contributed by atoms with Crippen molar-refractivity contribution in [2.45, 2.75) is 50.1 Å². The number of esters is 1. The Balaban J connectivity index is 1.76. The largest absolute Gasteiger partial charge is 0.468 e. The molecule has 3 aliphatic rings. The third kappa shape index (κ3) is 2.41. The van der Waals surface area contributed by atoms with Gasteiger partial charge in [-0.2, -0.15) is 0 Å². The summed E-state index contributed by atoms with van der Waals surface area (Å²) in [6.07, 6.45) is 7.30. The molecule has 2 saturated carbocycles. The molecule has 0 aromatic heterocycles. The van der Waals surface area contributed by atoms with Crippen LogP contribution in [-0.4, -0.2) is 49.2 Å². The number of rotatable bonds is 6. The van der Waals surface area contributed by atoms with Gasteiger partial charge in [-0.3, -0.25) is 5.32 Å². The first-order valence-electron chi connectivity index (χ1n) is 7.33. The topological polar surface area (TPSA) is 41.6 Å². The normalized spacial score (nSPS) is 28.1. The lowest BCUT2D eigenvalue weighted by Gasteiger charge is -2.36. The zero-order chi connectivity index (χ0) is 12.6. The van der Waals surface area contributed by atoms with Gasteiger partial charge in [0.25, 0.3) is 0 Å². The van der Waals surface area contributed by atoms with Crippen LogP contribution in [0.4, 0.5) is 0 Å². The Morgan fingerprint density at radius 2 is 1.94 bits per heavy atom. The molecule has 3 fully saturated rings. The average molecular weight is 252 g/mol. The molecule has 4 nitrogen and oxygen atoms in total. The predicted molar refractivity (Wildman–Crippen MR) is 69.3 cm³/mol. The zero-order valence-corrected chi connectivity index (χ0v) is 11.3. The maximum absolute atomic E-state index is 12.4. The molecule has 102 valence electrons. The van der Waals surface area contributed by atoms with E-state index in [0.717, 1.165) is 19.6 Å². The minimum absolute atomic E-state index is 0.0381. The Hall–Kier alpha value is -0.610. The highest BCUT2D eigenvalue weighted by Gasteiger charge is 2.54. The second-order valence-electron chi connectivity index (χ2n) is 6.14. The number of likely N-dealkylation sites (tertiary alicyclic amines) is 1. The van der Waals surface area contributed by atoms with E-state index in [2.05, 4.69) is 10.2 Å². The van der Waals surface area contributed by atoms with Crippen molar-refractivity contribution in [2.24, 2.45) is 5.92 Å². The third-order valence-electron chi connectivity index (χ3n) is 4.53. The molecule has 0 aromatic rings. The van der Waals surface area contributed by atoms with E-state index in [-0.39, 0.29) is 5.97 Å². The summed E-state index contributed by atoms with van der Waals surface area (Å²) in [5.41, 5.74) is -0.416. The van der Waals surface area contributed by atoms with E-state index in [1.165, 1.54) is 45.6 Å². The molecule has 1 aliphatic heterocycles. The fourth-order valence-electron chi connectivity index (χ4n) is 3.23. The minimum Gasteiger partial charge on any atom is -0.468 e. The van der Waals surface area contributed by atoms with Gasteiger partial charge in [-0.05, 0) is 57.5 Å². The number of hydrogen-bond donors (Lipinski definition) is 1. The average Bonchev–Trinajstić information content (AvgIpc) is 3.29. The zero-order valence-electron chi connectivity index (χ0n) is 11.3. The van der Waals surface area contributed by atoms with Gasteiger partial charge in [0, 0.05) is 12.6 Å². The van der Waals surface area contributed by atoms with Crippen molar-refractivity contribution in [1.82, 2.24) is 10.2 Å². The summed E-state index contributed by atoms with van der Waals surface area (Å²) >= 11 is 0. The van der Waals surface area contributed by atoms with Gasteiger partial charge in [0.15, 0.2) is 0 Å². The van der Waals surface area contributed by atoms with Crippen LogP contribution >= 0.6 is 0 Å². The van der Waals surface area contributed by atoms with Crippen LogP contribution in [0, 0.1) is 5.92 Å². The van der Waals surface area contributed by atoms with Crippen molar-refractivity contribution in [1.29, 1.82) is 0 Å². The number of hydrogen-bond acceptors (Lipinski definition) is 4. The van der Waals surface area contributed by atoms with Gasteiger partial charge in [0.05, 0.1) is 7.11 Å². The Kier molecular flexibility index (Phi) is 3.32. The molecular formula is C14H24N2O2. The Morgan fingerprint density at radius 1 is 1.28 bits per heavy atom. The van der Waals surface area contributed by atoms with Crippen molar-refractivity contribution in [2.75, 3.05) is 26.7 Å². The van der Waals surface area contributed by atoms with E-state index < -0.39 is 5.54 Å². The highest BCUT2D eigenvalue weighted by atomic mass is 16.5. The van der Waals surface area contributed by atoms with Crippen LogP contribution in [-0.2, 0) is 9.53 Å². The van der Waals surface area contributed by atoms with Crippen molar-refractivity contribution in [3.8, 4) is 0 Å². The smallest absolute Gasteiger partial charge is 0.327 e. The molecule has 0 spiro atoms. The molecule has 1 N–H and O–H groups in total. The maximum atomic E-state index is 12.4. The summed E-state index contributed by atoms with van der Waals surface area (Å²) in [4.78, 5) is 14.8. The van der Waals surface area contributed by atoms with E-state index in [4.69, 9.17) is 4.74 Å². The number of carbonyl (C=O) groups is 1. The van der Waals surface area contributed by atoms with E-state index >= 15 is 0 Å². The molecular weight excluding hydrogens is 228 g/mol. The number of carbonyl (C=O) groups excluding carboxylic acids is 1. The van der Waals surface area contributed by atoms with E-state index in [9.17, 15) is 4.79 Å². The van der Waals surface area contributed by atoms with Gasteiger partial charge in [-0.1, -0.05) is 0 Å². The fourth-order valence-corrected chi connectivity index (χ4v) is 3.23. The van der Waals surface area contributed by atoms with Gasteiger partial charge in [-0.25, -0.2) is 4.79 Å². The highest BCUT2D eigenvalue weighted by molar-refractivity contribution is 5.82. The molecule has 1 heterocycles. The summed E-state index contributed by atoms with van der Waals surface area (Å²) in [5, 5.41) is 3.63. The lowest BCUT2D eigenvalue weighted by Crippen LogP contribution is -2.61. The monoisotopic (exact) mass is 252 g/mol. The molecule has 0 radical (unpaired) electrons. The molecule has 1 atom stereocenters. The number of nitrogens with zero attached hydrogens (tertiary/aromatic N) is 1. The van der Waals surface area contributed by atoms with E-state index in [1.54, 1.807) is 0 Å². The van der Waals surface area contributed by atoms with Crippen molar-refractivity contribution in [3.63, 3.8) is 0 Å². The molecule has 0 bridgehead atoms. The molecule has 0 aromatic carbocycles. The Labute approximate surface area is 109 Å². The van der Waals surface area contributed by atoms with Crippen LogP contribution < -0.4 is 5.32 Å². The highest BCUT2D eigenvalue weighted by Crippen LogP contribution is 2.43. The second-order valence-corrected chi connectivity index (χ2v) is 6.14. The summed E-state index contributed by atoms with van der Waals surface area (Å²) in [7, 11) is 1.53. The molecule has 1 saturated heterocycles. The Morgan fingerprint density at radius 3 is 2.44 bits per heavy atom.